The molecule has 0 aromatic heterocycles. The van der Waals surface area contributed by atoms with E-state index in [1.807, 2.05) is 19.2 Å². The SMILES string of the molecule is CNNC1CCC2C3CCc4cc(O)ccc4C3CCC12C. The van der Waals surface area contributed by atoms with Gasteiger partial charge in [0.15, 0.2) is 0 Å². The minimum atomic E-state index is 0.428. The molecule has 3 N–H and O–H groups in total. The summed E-state index contributed by atoms with van der Waals surface area (Å²) in [6.07, 6.45) is 7.73. The Kier molecular flexibility index (Phi) is 3.46. The van der Waals surface area contributed by atoms with Crippen LogP contribution in [0, 0.1) is 17.3 Å². The molecule has 2 saturated carbocycles. The largest absolute Gasteiger partial charge is 0.508 e. The first-order valence-corrected chi connectivity index (χ1v) is 8.87. The summed E-state index contributed by atoms with van der Waals surface area (Å²) in [5, 5.41) is 9.75. The van der Waals surface area contributed by atoms with Crippen molar-refractivity contribution < 1.29 is 5.11 Å². The zero-order valence-corrected chi connectivity index (χ0v) is 13.7. The summed E-state index contributed by atoms with van der Waals surface area (Å²) in [7, 11) is 1.99. The average Bonchev–Trinajstić information content (AvgIpc) is 2.84. The lowest BCUT2D eigenvalue weighted by atomic mass is 9.55. The number of fused-ring (bicyclic) bond motifs is 5. The fourth-order valence-corrected chi connectivity index (χ4v) is 5.98. The van der Waals surface area contributed by atoms with Crippen molar-refractivity contribution in [2.75, 3.05) is 7.05 Å². The Balaban J connectivity index is 1.64. The van der Waals surface area contributed by atoms with Gasteiger partial charge in [-0.3, -0.25) is 10.9 Å². The third kappa shape index (κ3) is 2.02. The molecule has 0 aliphatic heterocycles. The van der Waals surface area contributed by atoms with Crippen molar-refractivity contribution in [2.45, 2.75) is 57.4 Å². The summed E-state index contributed by atoms with van der Waals surface area (Å²) in [6, 6.07) is 6.70. The molecule has 22 heavy (non-hydrogen) atoms. The van der Waals surface area contributed by atoms with E-state index in [0.29, 0.717) is 17.2 Å². The maximum absolute atomic E-state index is 9.75. The van der Waals surface area contributed by atoms with Crippen molar-refractivity contribution in [1.82, 2.24) is 10.9 Å². The molecule has 0 bridgehead atoms. The van der Waals surface area contributed by atoms with Crippen LogP contribution in [0.5, 0.6) is 5.75 Å². The van der Waals surface area contributed by atoms with Gasteiger partial charge in [0, 0.05) is 6.04 Å². The first kappa shape index (κ1) is 14.5. The zero-order valence-electron chi connectivity index (χ0n) is 13.7. The Morgan fingerprint density at radius 2 is 2.05 bits per heavy atom. The lowest BCUT2D eigenvalue weighted by Crippen LogP contribution is -2.51. The molecule has 0 spiro atoms. The van der Waals surface area contributed by atoms with E-state index in [4.69, 9.17) is 0 Å². The van der Waals surface area contributed by atoms with Crippen LogP contribution in [0.15, 0.2) is 18.2 Å². The highest BCUT2D eigenvalue weighted by Crippen LogP contribution is 2.60. The molecule has 1 aromatic rings. The van der Waals surface area contributed by atoms with E-state index >= 15 is 0 Å². The molecule has 1 aromatic carbocycles. The number of rotatable bonds is 2. The number of benzene rings is 1. The van der Waals surface area contributed by atoms with Crippen LogP contribution in [0.3, 0.4) is 0 Å². The third-order valence-electron chi connectivity index (χ3n) is 7.03. The molecule has 3 aliphatic carbocycles. The van der Waals surface area contributed by atoms with Crippen LogP contribution in [-0.4, -0.2) is 18.2 Å². The van der Waals surface area contributed by atoms with Crippen molar-refractivity contribution in [1.29, 1.82) is 0 Å². The predicted octanol–water partition coefficient (Wildman–Crippen LogP) is 3.34. The standard InChI is InChI=1S/C19H28N2O/c1-19-10-9-15-14-6-4-13(22)11-12(14)3-5-16(15)17(19)7-8-18(19)21-20-2/h4,6,11,15-18,20-22H,3,5,7-10H2,1-2H3. The highest BCUT2D eigenvalue weighted by molar-refractivity contribution is 5.40. The number of aromatic hydroxyl groups is 1. The van der Waals surface area contributed by atoms with E-state index in [-0.39, 0.29) is 0 Å². The molecule has 3 aliphatic rings. The van der Waals surface area contributed by atoms with Crippen LogP contribution >= 0.6 is 0 Å². The molecule has 3 heteroatoms. The van der Waals surface area contributed by atoms with Gasteiger partial charge in [-0.2, -0.15) is 0 Å². The maximum atomic E-state index is 9.75. The van der Waals surface area contributed by atoms with Gasteiger partial charge in [-0.25, -0.2) is 0 Å². The highest BCUT2D eigenvalue weighted by atomic mass is 16.3. The number of phenols is 1. The summed E-state index contributed by atoms with van der Waals surface area (Å²) in [5.41, 5.74) is 10.1. The Labute approximate surface area is 133 Å². The molecular weight excluding hydrogens is 272 g/mol. The van der Waals surface area contributed by atoms with E-state index in [2.05, 4.69) is 23.8 Å². The van der Waals surface area contributed by atoms with Gasteiger partial charge in [0.25, 0.3) is 0 Å². The van der Waals surface area contributed by atoms with Gasteiger partial charge in [-0.15, -0.1) is 0 Å². The molecule has 0 amide bonds. The van der Waals surface area contributed by atoms with E-state index in [9.17, 15) is 5.11 Å². The summed E-state index contributed by atoms with van der Waals surface area (Å²) in [4.78, 5) is 0. The first-order valence-electron chi connectivity index (χ1n) is 8.87. The average molecular weight is 300 g/mol. The molecular formula is C19H28N2O. The van der Waals surface area contributed by atoms with Crippen molar-refractivity contribution >= 4 is 0 Å². The fraction of sp³-hybridized carbons (Fsp3) is 0.684. The third-order valence-corrected chi connectivity index (χ3v) is 7.03. The predicted molar refractivity (Wildman–Crippen MR) is 88.7 cm³/mol. The van der Waals surface area contributed by atoms with Crippen LogP contribution in [-0.2, 0) is 6.42 Å². The normalized spacial score (nSPS) is 39.9. The second-order valence-electron chi connectivity index (χ2n) is 7.87. The van der Waals surface area contributed by atoms with E-state index in [1.165, 1.54) is 43.2 Å². The molecule has 3 nitrogen and oxygen atoms in total. The summed E-state index contributed by atoms with van der Waals surface area (Å²) >= 11 is 0. The fourth-order valence-electron chi connectivity index (χ4n) is 5.98. The Hall–Kier alpha value is -1.06. The van der Waals surface area contributed by atoms with Gasteiger partial charge in [-0.05, 0) is 92.0 Å². The molecule has 5 atom stereocenters. The van der Waals surface area contributed by atoms with E-state index in [0.717, 1.165) is 24.2 Å². The monoisotopic (exact) mass is 300 g/mol. The second-order valence-corrected chi connectivity index (χ2v) is 7.87. The van der Waals surface area contributed by atoms with Gasteiger partial charge >= 0.3 is 0 Å². The summed E-state index contributed by atoms with van der Waals surface area (Å²) in [5.74, 6) is 2.83. The number of hydrogen-bond donors (Lipinski definition) is 3. The van der Waals surface area contributed by atoms with Crippen LogP contribution in [0.4, 0.5) is 0 Å². The highest BCUT2D eigenvalue weighted by Gasteiger charge is 2.54. The Bertz CT molecular complexity index is 573. The van der Waals surface area contributed by atoms with Crippen LogP contribution < -0.4 is 10.9 Å². The molecule has 0 saturated heterocycles. The van der Waals surface area contributed by atoms with Crippen LogP contribution in [0.2, 0.25) is 0 Å². The van der Waals surface area contributed by atoms with E-state index in [1.54, 1.807) is 0 Å². The Morgan fingerprint density at radius 3 is 2.86 bits per heavy atom. The minimum Gasteiger partial charge on any atom is -0.508 e. The molecule has 120 valence electrons. The summed E-state index contributed by atoms with van der Waals surface area (Å²) < 4.78 is 0. The van der Waals surface area contributed by atoms with Crippen LogP contribution in [0.1, 0.15) is 56.1 Å². The molecule has 0 heterocycles. The zero-order chi connectivity index (χ0) is 15.3. The Morgan fingerprint density at radius 1 is 1.18 bits per heavy atom. The maximum Gasteiger partial charge on any atom is 0.115 e. The molecule has 0 radical (unpaired) electrons. The summed E-state index contributed by atoms with van der Waals surface area (Å²) in [6.45, 7) is 2.52. The van der Waals surface area contributed by atoms with Gasteiger partial charge < -0.3 is 5.11 Å². The minimum absolute atomic E-state index is 0.428. The lowest BCUT2D eigenvalue weighted by Gasteiger charge is -2.51. The van der Waals surface area contributed by atoms with E-state index < -0.39 is 0 Å². The molecule has 5 unspecified atom stereocenters. The van der Waals surface area contributed by atoms with Crippen molar-refractivity contribution in [3.8, 4) is 5.75 Å². The van der Waals surface area contributed by atoms with Crippen LogP contribution in [0.25, 0.3) is 0 Å². The van der Waals surface area contributed by atoms with Crippen molar-refractivity contribution in [2.24, 2.45) is 17.3 Å². The topological polar surface area (TPSA) is 44.3 Å². The number of hydrogen-bond acceptors (Lipinski definition) is 3. The number of phenolic OH excluding ortho intramolecular Hbond substituents is 1. The lowest BCUT2D eigenvalue weighted by molar-refractivity contribution is 0.0384. The molecule has 4 rings (SSSR count). The van der Waals surface area contributed by atoms with Gasteiger partial charge in [0.2, 0.25) is 0 Å². The first-order chi connectivity index (χ1) is 10.6. The number of aryl methyl sites for hydroxylation is 1. The van der Waals surface area contributed by atoms with Crippen molar-refractivity contribution in [3.63, 3.8) is 0 Å². The number of nitrogens with one attached hydrogen (secondary N) is 2. The van der Waals surface area contributed by atoms with Gasteiger partial charge in [0.1, 0.15) is 5.75 Å². The number of hydrazine groups is 1. The van der Waals surface area contributed by atoms with Crippen molar-refractivity contribution in [3.05, 3.63) is 29.3 Å². The molecule has 2 fully saturated rings. The second kappa shape index (κ2) is 5.24. The van der Waals surface area contributed by atoms with Gasteiger partial charge in [0.05, 0.1) is 0 Å². The quantitative estimate of drug-likeness (QED) is 0.734. The smallest absolute Gasteiger partial charge is 0.115 e. The van der Waals surface area contributed by atoms with Gasteiger partial charge in [-0.1, -0.05) is 13.0 Å².